The number of methoxy groups -OCH3 is 1. The number of carbonyl (C=O) groups excluding carboxylic acids is 3. The summed E-state index contributed by atoms with van der Waals surface area (Å²) in [5.41, 5.74) is -0.127. The van der Waals surface area contributed by atoms with Crippen LogP contribution in [-0.2, 0) is 23.8 Å². The first kappa shape index (κ1) is 30.7. The third kappa shape index (κ3) is 8.57. The van der Waals surface area contributed by atoms with Crippen LogP contribution in [0.3, 0.4) is 0 Å². The molecule has 1 aliphatic rings. The van der Waals surface area contributed by atoms with Gasteiger partial charge in [-0.25, -0.2) is 14.6 Å². The molecule has 0 spiro atoms. The zero-order valence-corrected chi connectivity index (χ0v) is 23.4. The predicted molar refractivity (Wildman–Crippen MR) is 144 cm³/mol. The molecule has 1 amide bonds. The summed E-state index contributed by atoms with van der Waals surface area (Å²) in [6, 6.07) is 10.0. The second-order valence-corrected chi connectivity index (χ2v) is 9.27. The normalized spacial score (nSPS) is 21.1. The lowest BCUT2D eigenvalue weighted by Gasteiger charge is -2.31. The van der Waals surface area contributed by atoms with Crippen molar-refractivity contribution >= 4 is 17.8 Å². The molecule has 11 nitrogen and oxygen atoms in total. The monoisotopic (exact) mass is 558 g/mol. The minimum atomic E-state index is -0.909. The summed E-state index contributed by atoms with van der Waals surface area (Å²) < 4.78 is 32.9. The minimum Gasteiger partial charge on any atom is -0.493 e. The van der Waals surface area contributed by atoms with E-state index in [1.807, 2.05) is 30.3 Å². The van der Waals surface area contributed by atoms with Crippen LogP contribution < -0.4 is 19.5 Å². The lowest BCUT2D eigenvalue weighted by atomic mass is 9.90. The van der Waals surface area contributed by atoms with Crippen LogP contribution in [0.15, 0.2) is 42.6 Å². The fraction of sp³-hybridized carbons (Fsp3) is 0.517. The number of nitrogens with zero attached hydrogens (tertiary/aromatic N) is 1. The molecule has 11 heteroatoms. The molecule has 0 radical (unpaired) electrons. The van der Waals surface area contributed by atoms with E-state index in [0.717, 1.165) is 12.8 Å². The molecule has 0 bridgehead atoms. The largest absolute Gasteiger partial charge is 0.493 e. The van der Waals surface area contributed by atoms with E-state index in [0.29, 0.717) is 25.2 Å². The summed E-state index contributed by atoms with van der Waals surface area (Å²) in [6.07, 6.45) is 3.18. The van der Waals surface area contributed by atoms with Crippen molar-refractivity contribution in [2.24, 2.45) is 5.92 Å². The molecule has 1 aliphatic heterocycles. The molecule has 3 rings (SSSR count). The van der Waals surface area contributed by atoms with Crippen molar-refractivity contribution in [3.63, 3.8) is 0 Å². The van der Waals surface area contributed by atoms with Crippen molar-refractivity contribution in [1.29, 1.82) is 0 Å². The molecule has 0 saturated carbocycles. The van der Waals surface area contributed by atoms with Gasteiger partial charge < -0.3 is 33.7 Å². The fourth-order valence-electron chi connectivity index (χ4n) is 4.50. The number of cyclic esters (lactones) is 1. The number of para-hydroxylation sites is 1. The van der Waals surface area contributed by atoms with Gasteiger partial charge in [-0.05, 0) is 51.2 Å². The lowest BCUT2D eigenvalue weighted by Crippen LogP contribution is -2.45. The van der Waals surface area contributed by atoms with Crippen LogP contribution in [0.5, 0.6) is 17.2 Å². The molecule has 4 unspecified atom stereocenters. The first-order valence-electron chi connectivity index (χ1n) is 13.5. The van der Waals surface area contributed by atoms with Crippen LogP contribution in [0.2, 0.25) is 0 Å². The summed E-state index contributed by atoms with van der Waals surface area (Å²) in [7, 11) is 1.40. The molecular formula is C29H38N2O9. The average molecular weight is 559 g/mol. The van der Waals surface area contributed by atoms with E-state index < -0.39 is 36.8 Å². The van der Waals surface area contributed by atoms with Crippen LogP contribution in [0.25, 0.3) is 0 Å². The van der Waals surface area contributed by atoms with Crippen molar-refractivity contribution in [3.05, 3.63) is 48.3 Å². The number of pyridine rings is 1. The van der Waals surface area contributed by atoms with E-state index in [4.69, 9.17) is 28.4 Å². The van der Waals surface area contributed by atoms with Crippen LogP contribution in [0, 0.1) is 5.92 Å². The first-order chi connectivity index (χ1) is 19.4. The summed E-state index contributed by atoms with van der Waals surface area (Å²) in [4.78, 5) is 42.4. The number of hydrogen-bond donors (Lipinski definition) is 1. The second-order valence-electron chi connectivity index (χ2n) is 9.27. The lowest BCUT2D eigenvalue weighted by molar-refractivity contribution is -0.156. The predicted octanol–water partition coefficient (Wildman–Crippen LogP) is 3.69. The van der Waals surface area contributed by atoms with Gasteiger partial charge in [0.15, 0.2) is 17.2 Å². The molecule has 1 fully saturated rings. The zero-order chi connectivity index (χ0) is 28.9. The van der Waals surface area contributed by atoms with Gasteiger partial charge in [0.1, 0.15) is 30.6 Å². The highest BCUT2D eigenvalue weighted by atomic mass is 16.7. The van der Waals surface area contributed by atoms with Gasteiger partial charge in [-0.1, -0.05) is 31.5 Å². The smallest absolute Gasteiger partial charge is 0.334 e. The molecule has 2 heterocycles. The Labute approximate surface area is 234 Å². The molecule has 4 atom stereocenters. The molecule has 1 aromatic carbocycles. The van der Waals surface area contributed by atoms with Crippen molar-refractivity contribution in [2.75, 3.05) is 27.1 Å². The molecule has 2 aromatic rings. The molecule has 0 aliphatic carbocycles. The number of benzene rings is 1. The third-order valence-corrected chi connectivity index (χ3v) is 6.58. The van der Waals surface area contributed by atoms with Crippen LogP contribution in [0.1, 0.15) is 56.9 Å². The Morgan fingerprint density at radius 1 is 1.12 bits per heavy atom. The SMILES string of the molecule is CCOCC(=O)OCOc1c(OC)ccnc1C(=O)NC1CCCC(CC)C(Oc2ccccc2)C(C)OC1=O. The van der Waals surface area contributed by atoms with E-state index >= 15 is 0 Å². The highest BCUT2D eigenvalue weighted by Crippen LogP contribution is 2.31. The number of nitrogens with one attached hydrogen (secondary N) is 1. The number of ether oxygens (including phenoxy) is 6. The van der Waals surface area contributed by atoms with E-state index in [2.05, 4.69) is 17.2 Å². The van der Waals surface area contributed by atoms with Crippen molar-refractivity contribution in [2.45, 2.75) is 64.7 Å². The molecule has 1 aromatic heterocycles. The summed E-state index contributed by atoms with van der Waals surface area (Å²) in [5, 5.41) is 2.74. The first-order valence-corrected chi connectivity index (χ1v) is 13.5. The van der Waals surface area contributed by atoms with Crippen molar-refractivity contribution in [1.82, 2.24) is 10.3 Å². The summed E-state index contributed by atoms with van der Waals surface area (Å²) in [6.45, 7) is 5.29. The molecule has 1 saturated heterocycles. The summed E-state index contributed by atoms with van der Waals surface area (Å²) >= 11 is 0. The number of amides is 1. The maximum Gasteiger partial charge on any atom is 0.334 e. The van der Waals surface area contributed by atoms with Gasteiger partial charge in [0, 0.05) is 18.9 Å². The number of rotatable bonds is 12. The Hall–Kier alpha value is -3.86. The average Bonchev–Trinajstić information content (AvgIpc) is 3.01. The van der Waals surface area contributed by atoms with Gasteiger partial charge in [0.2, 0.25) is 6.79 Å². The number of aromatic nitrogens is 1. The number of esters is 2. The Bertz CT molecular complexity index is 1110. The van der Waals surface area contributed by atoms with E-state index in [1.165, 1.54) is 19.4 Å². The molecular weight excluding hydrogens is 520 g/mol. The highest BCUT2D eigenvalue weighted by molar-refractivity contribution is 5.98. The van der Waals surface area contributed by atoms with E-state index in [9.17, 15) is 14.4 Å². The van der Waals surface area contributed by atoms with Gasteiger partial charge in [-0.15, -0.1) is 0 Å². The molecule has 1 N–H and O–H groups in total. The quantitative estimate of drug-likeness (QED) is 0.304. The zero-order valence-electron chi connectivity index (χ0n) is 23.4. The molecule has 40 heavy (non-hydrogen) atoms. The van der Waals surface area contributed by atoms with E-state index in [-0.39, 0.29) is 35.8 Å². The second kappa shape index (κ2) is 15.7. The third-order valence-electron chi connectivity index (χ3n) is 6.58. The highest BCUT2D eigenvalue weighted by Gasteiger charge is 2.35. The Balaban J connectivity index is 1.72. The van der Waals surface area contributed by atoms with Crippen molar-refractivity contribution in [3.8, 4) is 17.2 Å². The Morgan fingerprint density at radius 2 is 1.90 bits per heavy atom. The Morgan fingerprint density at radius 3 is 2.60 bits per heavy atom. The maximum absolute atomic E-state index is 13.3. The van der Waals surface area contributed by atoms with Gasteiger partial charge in [0.05, 0.1) is 7.11 Å². The molecule has 218 valence electrons. The van der Waals surface area contributed by atoms with E-state index in [1.54, 1.807) is 13.8 Å². The van der Waals surface area contributed by atoms with Crippen LogP contribution >= 0.6 is 0 Å². The van der Waals surface area contributed by atoms with Gasteiger partial charge in [0.25, 0.3) is 5.91 Å². The number of hydrogen-bond acceptors (Lipinski definition) is 10. The van der Waals surface area contributed by atoms with Gasteiger partial charge in [-0.2, -0.15) is 0 Å². The standard InChI is InChI=1S/C29H38N2O9/c1-5-20-11-10-14-22(29(34)39-19(3)26(20)40-21-12-8-7-9-13-21)31-28(33)25-27(23(35-4)15-16-30-25)38-18-37-24(32)17-36-6-2/h7-9,12-13,15-16,19-20,22,26H,5-6,10-11,14,17-18H2,1-4H3,(H,31,33). The van der Waals surface area contributed by atoms with Crippen LogP contribution in [0.4, 0.5) is 0 Å². The minimum absolute atomic E-state index is 0.0288. The maximum atomic E-state index is 13.3. The number of carbonyl (C=O) groups is 3. The topological polar surface area (TPSA) is 132 Å². The van der Waals surface area contributed by atoms with Crippen LogP contribution in [-0.4, -0.2) is 68.2 Å². The summed E-state index contributed by atoms with van der Waals surface area (Å²) in [5.74, 6) is -0.807. The van der Waals surface area contributed by atoms with Gasteiger partial charge in [-0.3, -0.25) is 4.79 Å². The Kier molecular flexibility index (Phi) is 12.0. The van der Waals surface area contributed by atoms with Gasteiger partial charge >= 0.3 is 11.9 Å². The van der Waals surface area contributed by atoms with Crippen molar-refractivity contribution < 1.29 is 42.8 Å². The fourth-order valence-corrected chi connectivity index (χ4v) is 4.50.